The lowest BCUT2D eigenvalue weighted by Gasteiger charge is -2.49. The number of allylic oxidation sites excluding steroid dienone is 2. The van der Waals surface area contributed by atoms with Crippen LogP contribution < -0.4 is 0 Å². The minimum atomic E-state index is -1.87. The van der Waals surface area contributed by atoms with Gasteiger partial charge in [-0.05, 0) is 113 Å². The Labute approximate surface area is 300 Å². The largest absolute Gasteiger partial charge is 0.481 e. The lowest BCUT2D eigenvalue weighted by atomic mass is 9.54. The van der Waals surface area contributed by atoms with Crippen molar-refractivity contribution in [1.82, 2.24) is 0 Å². The van der Waals surface area contributed by atoms with E-state index < -0.39 is 33.4 Å². The molecule has 0 bridgehead atoms. The molecule has 2 saturated carbocycles. The van der Waals surface area contributed by atoms with E-state index in [1.54, 1.807) is 0 Å². The topological polar surface area (TPSA) is 55.8 Å². The Bertz CT molecular complexity index is 1180. The fourth-order valence-corrected chi connectivity index (χ4v) is 14.5. The molecule has 2 aliphatic rings. The summed E-state index contributed by atoms with van der Waals surface area (Å²) in [7, 11) is -3.68. The van der Waals surface area contributed by atoms with Gasteiger partial charge in [0, 0.05) is 17.3 Å². The molecule has 0 spiro atoms. The summed E-state index contributed by atoms with van der Waals surface area (Å²) >= 11 is 0. The third-order valence-corrected chi connectivity index (χ3v) is 23.9. The Kier molecular flexibility index (Phi) is 14.8. The molecule has 0 radical (unpaired) electrons. The molecule has 6 heteroatoms. The zero-order valence-electron chi connectivity index (χ0n) is 34.2. The van der Waals surface area contributed by atoms with Crippen LogP contribution in [0.4, 0.5) is 0 Å². The summed E-state index contributed by atoms with van der Waals surface area (Å²) < 4.78 is 14.7. The summed E-state index contributed by atoms with van der Waals surface area (Å²) in [6.45, 7) is 35.3. The van der Waals surface area contributed by atoms with Gasteiger partial charge in [-0.1, -0.05) is 106 Å². The van der Waals surface area contributed by atoms with Crippen LogP contribution >= 0.6 is 0 Å². The van der Waals surface area contributed by atoms with Gasteiger partial charge in [-0.25, -0.2) is 0 Å². The van der Waals surface area contributed by atoms with Crippen molar-refractivity contribution in [3.63, 3.8) is 0 Å². The minimum absolute atomic E-state index is 0.0204. The molecule has 2 aliphatic carbocycles. The number of hydrogen-bond acceptors (Lipinski definition) is 3. The average molecular weight is 701 g/mol. The summed E-state index contributed by atoms with van der Waals surface area (Å²) in [6, 6.07) is 6.90. The van der Waals surface area contributed by atoms with Crippen LogP contribution in [0.2, 0.25) is 36.3 Å². The highest BCUT2D eigenvalue weighted by molar-refractivity contribution is 6.74. The van der Waals surface area contributed by atoms with Gasteiger partial charge < -0.3 is 14.0 Å². The Balaban J connectivity index is 2.61. The van der Waals surface area contributed by atoms with Gasteiger partial charge in [0.2, 0.25) is 0 Å². The van der Waals surface area contributed by atoms with Crippen molar-refractivity contribution in [2.75, 3.05) is 0 Å². The molecule has 276 valence electrons. The minimum Gasteiger partial charge on any atom is -0.481 e. The molecule has 2 rings (SSSR count). The average Bonchev–Trinajstić information content (AvgIpc) is 3.55. The van der Waals surface area contributed by atoms with Crippen LogP contribution in [0.1, 0.15) is 130 Å². The molecule has 0 aromatic rings. The number of aliphatic carboxylic acids is 1. The van der Waals surface area contributed by atoms with Crippen LogP contribution in [0.25, 0.3) is 0 Å². The van der Waals surface area contributed by atoms with Crippen LogP contribution in [0.5, 0.6) is 0 Å². The van der Waals surface area contributed by atoms with Gasteiger partial charge in [0.25, 0.3) is 0 Å². The standard InChI is InChI=1S/C42H76O4Si2/c1-17-26-39(9,10)31(8)36(45-47(18-2,19-3)20-4)25-24-34-35-28-32(30-40(11,12)42(15,16)41(13,14)38(43)44)27-33(35)29-37(34)46-48(21-5,22-6)23-7/h24-25,30-31,33-37H,18-23,27-29H2,1-16H3,(H,43,44)/b25-24+,32-30+/t31?,33-,34+,35-,36+,37?/m0/s1. The van der Waals surface area contributed by atoms with E-state index in [0.717, 1.165) is 37.4 Å². The monoisotopic (exact) mass is 701 g/mol. The molecule has 0 amide bonds. The van der Waals surface area contributed by atoms with Crippen LogP contribution in [-0.2, 0) is 13.6 Å². The van der Waals surface area contributed by atoms with E-state index >= 15 is 0 Å². The predicted molar refractivity (Wildman–Crippen MR) is 211 cm³/mol. The van der Waals surface area contributed by atoms with Crippen LogP contribution in [0, 0.1) is 57.2 Å². The van der Waals surface area contributed by atoms with Gasteiger partial charge in [-0.15, -0.1) is 5.92 Å². The molecule has 0 saturated heterocycles. The van der Waals surface area contributed by atoms with E-state index in [9.17, 15) is 9.90 Å². The Morgan fingerprint density at radius 3 is 1.88 bits per heavy atom. The fourth-order valence-electron chi connectivity index (χ4n) is 8.76. The molecule has 6 atom stereocenters. The molecule has 2 fully saturated rings. The van der Waals surface area contributed by atoms with Crippen molar-refractivity contribution < 1.29 is 18.8 Å². The highest BCUT2D eigenvalue weighted by Gasteiger charge is 2.53. The Morgan fingerprint density at radius 2 is 1.42 bits per heavy atom. The molecular weight excluding hydrogens is 625 g/mol. The van der Waals surface area contributed by atoms with Gasteiger partial charge >= 0.3 is 5.97 Å². The smallest absolute Gasteiger partial charge is 0.309 e. The maximum absolute atomic E-state index is 12.3. The lowest BCUT2D eigenvalue weighted by Crippen LogP contribution is -2.48. The first kappa shape index (κ1) is 43.0. The van der Waals surface area contributed by atoms with Gasteiger partial charge in [0.1, 0.15) is 0 Å². The summed E-state index contributed by atoms with van der Waals surface area (Å²) in [5.74, 6) is 7.72. The fraction of sp³-hybridized carbons (Fsp3) is 0.833. The zero-order chi connectivity index (χ0) is 36.9. The van der Waals surface area contributed by atoms with E-state index in [4.69, 9.17) is 8.85 Å². The highest BCUT2D eigenvalue weighted by Crippen LogP contribution is 2.57. The maximum Gasteiger partial charge on any atom is 0.309 e. The molecule has 2 unspecified atom stereocenters. The lowest BCUT2D eigenvalue weighted by molar-refractivity contribution is -0.158. The van der Waals surface area contributed by atoms with E-state index in [2.05, 4.69) is 120 Å². The maximum atomic E-state index is 12.3. The SMILES string of the molecule is CC#CC(C)(C)C(C)[C@@H](/C=C/[C@H]1C(O[Si](CC)(CC)CC)C[C@@H]2C/C(=C\C(C)(C)C(C)(C)C(C)(C)C(=O)O)C[C@@H]21)O[Si](CC)(CC)CC. The van der Waals surface area contributed by atoms with Crippen molar-refractivity contribution in [1.29, 1.82) is 0 Å². The van der Waals surface area contributed by atoms with Crippen molar-refractivity contribution in [2.24, 2.45) is 45.3 Å². The van der Waals surface area contributed by atoms with Gasteiger partial charge in [0.05, 0.1) is 17.6 Å². The van der Waals surface area contributed by atoms with Gasteiger partial charge in [0.15, 0.2) is 16.6 Å². The third-order valence-electron chi connectivity index (χ3n) is 14.6. The van der Waals surface area contributed by atoms with Crippen LogP contribution in [0.15, 0.2) is 23.8 Å². The molecule has 0 aromatic carbocycles. The molecule has 0 aliphatic heterocycles. The number of carboxylic acid groups (broad SMARTS) is 1. The second kappa shape index (κ2) is 16.5. The van der Waals surface area contributed by atoms with E-state index in [1.165, 1.54) is 23.7 Å². The number of rotatable bonds is 18. The normalized spacial score (nSPS) is 24.9. The van der Waals surface area contributed by atoms with E-state index in [1.807, 2.05) is 20.8 Å². The predicted octanol–water partition coefficient (Wildman–Crippen LogP) is 12.1. The highest BCUT2D eigenvalue weighted by atomic mass is 28.4. The van der Waals surface area contributed by atoms with E-state index in [-0.39, 0.29) is 29.0 Å². The van der Waals surface area contributed by atoms with E-state index in [0.29, 0.717) is 17.8 Å². The van der Waals surface area contributed by atoms with Crippen molar-refractivity contribution in [3.8, 4) is 11.8 Å². The van der Waals surface area contributed by atoms with Gasteiger partial charge in [-0.2, -0.15) is 0 Å². The number of carbonyl (C=O) groups is 1. The zero-order valence-corrected chi connectivity index (χ0v) is 36.2. The van der Waals surface area contributed by atoms with Gasteiger partial charge in [-0.3, -0.25) is 4.79 Å². The first-order valence-electron chi connectivity index (χ1n) is 19.5. The molecule has 0 heterocycles. The molecule has 4 nitrogen and oxygen atoms in total. The Hall–Kier alpha value is -1.14. The first-order valence-corrected chi connectivity index (χ1v) is 24.6. The van der Waals surface area contributed by atoms with Crippen molar-refractivity contribution in [3.05, 3.63) is 23.8 Å². The summed E-state index contributed by atoms with van der Waals surface area (Å²) in [4.78, 5) is 12.3. The van der Waals surface area contributed by atoms with Crippen molar-refractivity contribution in [2.45, 2.75) is 179 Å². The Morgan fingerprint density at radius 1 is 0.896 bits per heavy atom. The van der Waals surface area contributed by atoms with Crippen LogP contribution in [-0.4, -0.2) is 39.9 Å². The molecular formula is C42H76O4Si2. The first-order chi connectivity index (χ1) is 22.1. The number of hydrogen-bond donors (Lipinski definition) is 1. The second-order valence-corrected chi connectivity index (χ2v) is 27.2. The summed E-state index contributed by atoms with van der Waals surface area (Å²) in [6.07, 6.45) is 11.0. The number of carboxylic acids is 1. The number of fused-ring (bicyclic) bond motifs is 1. The third kappa shape index (κ3) is 8.83. The summed E-state index contributed by atoms with van der Waals surface area (Å²) in [5, 5.41) is 10.1. The quantitative estimate of drug-likeness (QED) is 0.0878. The second-order valence-electron chi connectivity index (χ2n) is 17.7. The van der Waals surface area contributed by atoms with Crippen molar-refractivity contribution >= 4 is 22.6 Å². The molecule has 0 aromatic heterocycles. The molecule has 48 heavy (non-hydrogen) atoms. The molecule has 1 N–H and O–H groups in total. The van der Waals surface area contributed by atoms with Crippen LogP contribution in [0.3, 0.4) is 0 Å². The summed E-state index contributed by atoms with van der Waals surface area (Å²) in [5.41, 5.74) is -0.211.